The first kappa shape index (κ1) is 25.7. The predicted molar refractivity (Wildman–Crippen MR) is 144 cm³/mol. The highest BCUT2D eigenvalue weighted by molar-refractivity contribution is 7.93. The summed E-state index contributed by atoms with van der Waals surface area (Å²) < 4.78 is 70.0. The van der Waals surface area contributed by atoms with Gasteiger partial charge in [-0.2, -0.15) is 5.10 Å². The maximum Gasteiger partial charge on any atom is 0.235 e. The first-order valence-corrected chi connectivity index (χ1v) is 14.3. The first-order valence-electron chi connectivity index (χ1n) is 12.8. The molecule has 4 aromatic rings. The van der Waals surface area contributed by atoms with Crippen molar-refractivity contribution < 1.29 is 26.7 Å². The molecule has 11 heteroatoms. The molecule has 1 saturated heterocycles. The molecule has 8 nitrogen and oxygen atoms in total. The highest BCUT2D eigenvalue weighted by Crippen LogP contribution is 2.36. The predicted octanol–water partition coefficient (Wildman–Crippen LogP) is 4.56. The fourth-order valence-electron chi connectivity index (χ4n) is 4.78. The molecule has 2 aliphatic rings. The molecule has 1 aliphatic heterocycles. The minimum absolute atomic E-state index is 0.0336. The highest BCUT2D eigenvalue weighted by Gasteiger charge is 2.36. The molecule has 1 unspecified atom stereocenters. The van der Waals surface area contributed by atoms with Crippen LogP contribution in [0.2, 0.25) is 0 Å². The molecular weight excluding hydrogens is 526 g/mol. The van der Waals surface area contributed by atoms with Crippen LogP contribution < -0.4 is 9.46 Å². The van der Waals surface area contributed by atoms with Gasteiger partial charge >= 0.3 is 0 Å². The number of aromatic nitrogens is 2. The molecular formula is C28H28F2N4O4S. The molecule has 2 aromatic carbocycles. The summed E-state index contributed by atoms with van der Waals surface area (Å²) in [6, 6.07) is 12.0. The Morgan fingerprint density at radius 1 is 1.08 bits per heavy atom. The topological polar surface area (TPSA) is 85.2 Å². The van der Waals surface area contributed by atoms with Crippen molar-refractivity contribution in [2.45, 2.75) is 24.2 Å². The van der Waals surface area contributed by atoms with E-state index in [0.717, 1.165) is 24.7 Å². The summed E-state index contributed by atoms with van der Waals surface area (Å²) >= 11 is 0. The number of pyridine rings is 1. The SMILES string of the molecule is CN1CCOC(COc2ccn3ncc(-c4cc(NS(=O)(=O)C5CC5)cc(-c5ccc(F)cc5F)c4)c3c2)C1. The van der Waals surface area contributed by atoms with Crippen molar-refractivity contribution in [3.63, 3.8) is 0 Å². The van der Waals surface area contributed by atoms with Gasteiger partial charge in [0.05, 0.1) is 23.6 Å². The molecule has 1 N–H and O–H groups in total. The summed E-state index contributed by atoms with van der Waals surface area (Å²) in [4.78, 5) is 2.20. The molecule has 3 heterocycles. The second-order valence-electron chi connectivity index (χ2n) is 10.1. The van der Waals surface area contributed by atoms with Gasteiger partial charge in [0, 0.05) is 48.2 Å². The van der Waals surface area contributed by atoms with Gasteiger partial charge in [-0.25, -0.2) is 21.7 Å². The molecule has 0 amide bonds. The van der Waals surface area contributed by atoms with E-state index in [2.05, 4.69) is 14.7 Å². The Morgan fingerprint density at radius 2 is 1.87 bits per heavy atom. The summed E-state index contributed by atoms with van der Waals surface area (Å²) in [5, 5.41) is 4.00. The zero-order valence-electron chi connectivity index (χ0n) is 21.3. The number of hydrogen-bond acceptors (Lipinski definition) is 6. The molecule has 204 valence electrons. The lowest BCUT2D eigenvalue weighted by molar-refractivity contribution is -0.0403. The van der Waals surface area contributed by atoms with E-state index < -0.39 is 26.9 Å². The van der Waals surface area contributed by atoms with Crippen LogP contribution in [0, 0.1) is 11.6 Å². The Hall–Kier alpha value is -3.54. The lowest BCUT2D eigenvalue weighted by atomic mass is 9.98. The molecule has 1 aliphatic carbocycles. The maximum absolute atomic E-state index is 14.8. The third-order valence-electron chi connectivity index (χ3n) is 6.98. The van der Waals surface area contributed by atoms with Gasteiger partial charge in [0.1, 0.15) is 30.1 Å². The average Bonchev–Trinajstić information content (AvgIpc) is 3.68. The van der Waals surface area contributed by atoms with Crippen molar-refractivity contribution in [1.82, 2.24) is 14.5 Å². The Balaban J connectivity index is 1.37. The number of halogens is 2. The van der Waals surface area contributed by atoms with Crippen molar-refractivity contribution in [2.24, 2.45) is 0 Å². The van der Waals surface area contributed by atoms with Gasteiger partial charge in [-0.1, -0.05) is 0 Å². The van der Waals surface area contributed by atoms with E-state index in [9.17, 15) is 17.2 Å². The van der Waals surface area contributed by atoms with Crippen LogP contribution in [-0.2, 0) is 14.8 Å². The van der Waals surface area contributed by atoms with Gasteiger partial charge in [-0.3, -0.25) is 4.72 Å². The summed E-state index contributed by atoms with van der Waals surface area (Å²) in [6.45, 7) is 2.73. The van der Waals surface area contributed by atoms with E-state index in [0.29, 0.717) is 54.2 Å². The number of morpholine rings is 1. The van der Waals surface area contributed by atoms with Gasteiger partial charge in [-0.05, 0) is 67.4 Å². The number of anilines is 1. The molecule has 1 atom stereocenters. The monoisotopic (exact) mass is 554 g/mol. The van der Waals surface area contributed by atoms with Gasteiger partial charge in [-0.15, -0.1) is 0 Å². The fourth-order valence-corrected chi connectivity index (χ4v) is 6.15. The summed E-state index contributed by atoms with van der Waals surface area (Å²) in [5.74, 6) is -0.798. The normalized spacial score (nSPS) is 18.4. The van der Waals surface area contributed by atoms with Gasteiger partial charge < -0.3 is 14.4 Å². The van der Waals surface area contributed by atoms with Crippen molar-refractivity contribution in [2.75, 3.05) is 38.1 Å². The average molecular weight is 555 g/mol. The van der Waals surface area contributed by atoms with Crippen LogP contribution in [0.3, 0.4) is 0 Å². The lowest BCUT2D eigenvalue weighted by Gasteiger charge is -2.29. The van der Waals surface area contributed by atoms with Crippen molar-refractivity contribution in [1.29, 1.82) is 0 Å². The number of nitrogens with zero attached hydrogens (tertiary/aromatic N) is 3. The van der Waals surface area contributed by atoms with Crippen LogP contribution in [0.15, 0.2) is 60.9 Å². The Kier molecular flexibility index (Phi) is 6.74. The molecule has 0 spiro atoms. The number of rotatable bonds is 8. The molecule has 6 rings (SSSR count). The van der Waals surface area contributed by atoms with Crippen LogP contribution in [-0.4, -0.2) is 67.6 Å². The first-order chi connectivity index (χ1) is 18.7. The fraction of sp³-hybridized carbons (Fsp3) is 0.321. The largest absolute Gasteiger partial charge is 0.491 e. The number of likely N-dealkylation sites (N-methyl/N-ethyl adjacent to an activating group) is 1. The smallest absolute Gasteiger partial charge is 0.235 e. The lowest BCUT2D eigenvalue weighted by Crippen LogP contribution is -2.42. The van der Waals surface area contributed by atoms with Crippen molar-refractivity contribution >= 4 is 21.2 Å². The zero-order chi connectivity index (χ0) is 27.1. The van der Waals surface area contributed by atoms with Crippen LogP contribution in [0.1, 0.15) is 12.8 Å². The standard InChI is InChI=1S/C28H28F2N4O4S/c1-33-8-9-37-23(16-33)17-38-22-6-7-34-28(14-22)26(15-31-34)19-10-18(25-5-2-20(29)13-27(25)30)11-21(12-19)32-39(35,36)24-3-4-24/h2,5-7,10-15,23-24,32H,3-4,8-9,16-17H2,1H3. The molecule has 2 aromatic heterocycles. The molecule has 39 heavy (non-hydrogen) atoms. The number of nitrogens with one attached hydrogen (secondary N) is 1. The number of ether oxygens (including phenoxy) is 2. The minimum Gasteiger partial charge on any atom is -0.491 e. The molecule has 1 saturated carbocycles. The van der Waals surface area contributed by atoms with E-state index in [4.69, 9.17) is 9.47 Å². The van der Waals surface area contributed by atoms with E-state index >= 15 is 0 Å². The number of benzene rings is 2. The van der Waals surface area contributed by atoms with E-state index in [1.165, 1.54) is 12.1 Å². The third-order valence-corrected chi connectivity index (χ3v) is 8.85. The number of hydrogen-bond donors (Lipinski definition) is 1. The second kappa shape index (κ2) is 10.2. The van der Waals surface area contributed by atoms with Crippen LogP contribution >= 0.6 is 0 Å². The number of sulfonamides is 1. The van der Waals surface area contributed by atoms with Gasteiger partial charge in [0.2, 0.25) is 10.0 Å². The maximum atomic E-state index is 14.8. The van der Waals surface area contributed by atoms with Crippen LogP contribution in [0.25, 0.3) is 27.8 Å². The second-order valence-corrected chi connectivity index (χ2v) is 12.0. The highest BCUT2D eigenvalue weighted by atomic mass is 32.2. The zero-order valence-corrected chi connectivity index (χ0v) is 22.1. The van der Waals surface area contributed by atoms with Crippen molar-refractivity contribution in [3.8, 4) is 28.0 Å². The summed E-state index contributed by atoms with van der Waals surface area (Å²) in [6.07, 6.45) is 4.62. The molecule has 2 fully saturated rings. The van der Waals surface area contributed by atoms with E-state index in [1.807, 2.05) is 19.2 Å². The van der Waals surface area contributed by atoms with Crippen molar-refractivity contribution in [3.05, 3.63) is 72.6 Å². The summed E-state index contributed by atoms with van der Waals surface area (Å²) in [7, 11) is -1.53. The Morgan fingerprint density at radius 3 is 2.62 bits per heavy atom. The number of fused-ring (bicyclic) bond motifs is 1. The van der Waals surface area contributed by atoms with E-state index in [1.54, 1.807) is 35.1 Å². The summed E-state index contributed by atoms with van der Waals surface area (Å²) in [5.41, 5.74) is 2.90. The quantitative estimate of drug-likeness (QED) is 0.344. The van der Waals surface area contributed by atoms with Gasteiger partial charge in [0.15, 0.2) is 0 Å². The Bertz CT molecular complexity index is 1640. The van der Waals surface area contributed by atoms with Crippen LogP contribution in [0.5, 0.6) is 5.75 Å². The minimum atomic E-state index is -3.57. The van der Waals surface area contributed by atoms with Gasteiger partial charge in [0.25, 0.3) is 0 Å². The third kappa shape index (κ3) is 5.61. The molecule has 0 bridgehead atoms. The van der Waals surface area contributed by atoms with Crippen LogP contribution in [0.4, 0.5) is 14.5 Å². The Labute approximate surface area is 225 Å². The van der Waals surface area contributed by atoms with E-state index in [-0.39, 0.29) is 11.7 Å². The molecule has 0 radical (unpaired) electrons.